The van der Waals surface area contributed by atoms with E-state index in [1.54, 1.807) is 0 Å². The second kappa shape index (κ2) is 8.50. The van der Waals surface area contributed by atoms with Crippen LogP contribution in [0.1, 0.15) is 17.5 Å². The predicted molar refractivity (Wildman–Crippen MR) is 115 cm³/mol. The number of thioether (sulfide) groups is 1. The van der Waals surface area contributed by atoms with Crippen molar-refractivity contribution in [1.82, 2.24) is 10.2 Å². The third-order valence-corrected chi connectivity index (χ3v) is 5.56. The Kier molecular flexibility index (Phi) is 5.62. The monoisotopic (exact) mass is 421 g/mol. The summed E-state index contributed by atoms with van der Waals surface area (Å²) in [6.45, 7) is 0.380. The van der Waals surface area contributed by atoms with Crippen LogP contribution in [0.25, 0.3) is 0 Å². The number of amides is 3. The van der Waals surface area contributed by atoms with E-state index >= 15 is 0 Å². The molecule has 152 valence electrons. The predicted octanol–water partition coefficient (Wildman–Crippen LogP) is 1.57. The first-order chi connectivity index (χ1) is 14.5. The molecule has 0 saturated carbocycles. The normalized spacial score (nSPS) is 17.0. The summed E-state index contributed by atoms with van der Waals surface area (Å²) in [5.74, 6) is -0.690. The molecule has 2 aromatic rings. The number of aliphatic imine (C=N–C) groups is 2. The Hall–Kier alpha value is -3.46. The number of carbonyl (C=O) groups excluding carboxylic acids is 3. The fraction of sp³-hybridized carbons (Fsp3) is 0.190. The second-order valence-electron chi connectivity index (χ2n) is 6.78. The number of fused-ring (bicyclic) bond motifs is 3. The lowest BCUT2D eigenvalue weighted by molar-refractivity contribution is -0.128. The molecule has 0 unspecified atom stereocenters. The first kappa shape index (κ1) is 19.8. The number of nitrogens with one attached hydrogen (secondary N) is 1. The standard InChI is InChI=1S/C21H19N5O3S/c22-17(27)12-30-21-25-15-9-5-4-8-14(15)19-24-16(20(29)26(19)21)10-18(28)23-11-13-6-2-1-3-7-13/h1-9,16H,10-12H2,(H2,22,27)(H,23,28)/t16-/m1/s1. The Morgan fingerprint density at radius 3 is 2.60 bits per heavy atom. The maximum absolute atomic E-state index is 13.0. The first-order valence-electron chi connectivity index (χ1n) is 9.34. The maximum Gasteiger partial charge on any atom is 0.259 e. The molecule has 2 aliphatic heterocycles. The quantitative estimate of drug-likeness (QED) is 0.736. The van der Waals surface area contributed by atoms with Crippen molar-refractivity contribution >= 4 is 46.2 Å². The number of hydrogen-bond acceptors (Lipinski definition) is 6. The molecule has 3 N–H and O–H groups in total. The van der Waals surface area contributed by atoms with E-state index in [1.165, 1.54) is 4.90 Å². The number of amidine groups is 2. The minimum atomic E-state index is -0.846. The van der Waals surface area contributed by atoms with E-state index in [2.05, 4.69) is 15.3 Å². The van der Waals surface area contributed by atoms with Crippen LogP contribution in [0.4, 0.5) is 5.69 Å². The number of primary amides is 1. The highest BCUT2D eigenvalue weighted by molar-refractivity contribution is 8.14. The number of hydrogen-bond donors (Lipinski definition) is 2. The molecule has 0 saturated heterocycles. The molecule has 0 bridgehead atoms. The van der Waals surface area contributed by atoms with Gasteiger partial charge in [-0.25, -0.2) is 9.89 Å². The number of carbonyl (C=O) groups is 3. The van der Waals surface area contributed by atoms with Crippen LogP contribution in [0.3, 0.4) is 0 Å². The summed E-state index contributed by atoms with van der Waals surface area (Å²) < 4.78 is 0. The highest BCUT2D eigenvalue weighted by Crippen LogP contribution is 2.33. The van der Waals surface area contributed by atoms with Crippen LogP contribution in [0.5, 0.6) is 0 Å². The van der Waals surface area contributed by atoms with Crippen molar-refractivity contribution in [2.75, 3.05) is 5.75 Å². The number of para-hydroxylation sites is 1. The third-order valence-electron chi connectivity index (χ3n) is 4.60. The molecule has 3 amide bonds. The van der Waals surface area contributed by atoms with Crippen molar-refractivity contribution in [2.45, 2.75) is 19.0 Å². The summed E-state index contributed by atoms with van der Waals surface area (Å²) >= 11 is 1.08. The highest BCUT2D eigenvalue weighted by atomic mass is 32.2. The molecule has 0 aromatic heterocycles. The SMILES string of the molecule is NC(=O)CSC1=Nc2ccccc2C2=N[C@H](CC(=O)NCc3ccccc3)C(=O)N12. The van der Waals surface area contributed by atoms with E-state index in [-0.39, 0.29) is 24.0 Å². The van der Waals surface area contributed by atoms with Gasteiger partial charge in [-0.05, 0) is 17.7 Å². The van der Waals surface area contributed by atoms with Crippen LogP contribution in [0.15, 0.2) is 64.6 Å². The van der Waals surface area contributed by atoms with Gasteiger partial charge in [0.05, 0.1) is 17.9 Å². The lowest BCUT2D eigenvalue weighted by Crippen LogP contribution is -2.42. The molecule has 9 heteroatoms. The lowest BCUT2D eigenvalue weighted by atomic mass is 10.1. The molecule has 0 spiro atoms. The summed E-state index contributed by atoms with van der Waals surface area (Å²) in [4.78, 5) is 47.1. The average molecular weight is 421 g/mol. The summed E-state index contributed by atoms with van der Waals surface area (Å²) in [5, 5.41) is 3.16. The summed E-state index contributed by atoms with van der Waals surface area (Å²) in [6, 6.07) is 16.0. The van der Waals surface area contributed by atoms with Crippen LogP contribution in [-0.4, -0.2) is 45.4 Å². The number of rotatable bonds is 6. The van der Waals surface area contributed by atoms with Crippen LogP contribution in [0.2, 0.25) is 0 Å². The zero-order valence-electron chi connectivity index (χ0n) is 15.9. The van der Waals surface area contributed by atoms with Crippen molar-refractivity contribution in [2.24, 2.45) is 15.7 Å². The van der Waals surface area contributed by atoms with E-state index in [0.717, 1.165) is 17.3 Å². The molecule has 4 rings (SSSR count). The van der Waals surface area contributed by atoms with Gasteiger partial charge < -0.3 is 11.1 Å². The van der Waals surface area contributed by atoms with Crippen LogP contribution < -0.4 is 11.1 Å². The molecule has 0 radical (unpaired) electrons. The summed E-state index contributed by atoms with van der Waals surface area (Å²) in [5.41, 5.74) is 7.58. The Morgan fingerprint density at radius 2 is 1.83 bits per heavy atom. The Bertz CT molecular complexity index is 1070. The fourth-order valence-electron chi connectivity index (χ4n) is 3.21. The molecule has 30 heavy (non-hydrogen) atoms. The number of nitrogens with two attached hydrogens (primary N) is 1. The van der Waals surface area contributed by atoms with Crippen molar-refractivity contribution in [3.8, 4) is 0 Å². The van der Waals surface area contributed by atoms with Crippen molar-refractivity contribution < 1.29 is 14.4 Å². The third kappa shape index (κ3) is 4.11. The molecule has 0 fully saturated rings. The van der Waals surface area contributed by atoms with Crippen molar-refractivity contribution in [1.29, 1.82) is 0 Å². The molecular weight excluding hydrogens is 402 g/mol. The molecular formula is C21H19N5O3S. The van der Waals surface area contributed by atoms with E-state index in [0.29, 0.717) is 28.8 Å². The van der Waals surface area contributed by atoms with Gasteiger partial charge in [-0.2, -0.15) is 0 Å². The summed E-state index contributed by atoms with van der Waals surface area (Å²) in [6.07, 6.45) is -0.0679. The van der Waals surface area contributed by atoms with E-state index < -0.39 is 11.9 Å². The van der Waals surface area contributed by atoms with Gasteiger partial charge in [0.2, 0.25) is 11.8 Å². The zero-order valence-corrected chi connectivity index (χ0v) is 16.8. The van der Waals surface area contributed by atoms with Gasteiger partial charge in [0, 0.05) is 12.1 Å². The molecule has 8 nitrogen and oxygen atoms in total. The van der Waals surface area contributed by atoms with Gasteiger partial charge in [0.1, 0.15) is 11.9 Å². The van der Waals surface area contributed by atoms with Crippen molar-refractivity contribution in [3.63, 3.8) is 0 Å². The first-order valence-corrected chi connectivity index (χ1v) is 10.3. The summed E-state index contributed by atoms with van der Waals surface area (Å²) in [7, 11) is 0. The van der Waals surface area contributed by atoms with Gasteiger partial charge in [-0.3, -0.25) is 19.4 Å². The smallest absolute Gasteiger partial charge is 0.259 e. The average Bonchev–Trinajstić information content (AvgIpc) is 3.08. The Morgan fingerprint density at radius 1 is 1.10 bits per heavy atom. The Labute approximate surface area is 177 Å². The molecule has 0 aliphatic carbocycles. The van der Waals surface area contributed by atoms with Gasteiger partial charge in [-0.1, -0.05) is 54.2 Å². The zero-order chi connectivity index (χ0) is 21.1. The molecule has 2 aromatic carbocycles. The van der Waals surface area contributed by atoms with Crippen LogP contribution in [-0.2, 0) is 20.9 Å². The van der Waals surface area contributed by atoms with E-state index in [9.17, 15) is 14.4 Å². The van der Waals surface area contributed by atoms with Crippen LogP contribution in [0, 0.1) is 0 Å². The topological polar surface area (TPSA) is 117 Å². The molecule has 2 aliphatic rings. The van der Waals surface area contributed by atoms with Gasteiger partial charge >= 0.3 is 0 Å². The van der Waals surface area contributed by atoms with E-state index in [4.69, 9.17) is 5.73 Å². The minimum Gasteiger partial charge on any atom is -0.369 e. The number of nitrogens with zero attached hydrogens (tertiary/aromatic N) is 3. The van der Waals surface area contributed by atoms with Gasteiger partial charge in [0.25, 0.3) is 5.91 Å². The van der Waals surface area contributed by atoms with Crippen molar-refractivity contribution in [3.05, 3.63) is 65.7 Å². The molecule has 2 heterocycles. The number of benzene rings is 2. The lowest BCUT2D eigenvalue weighted by Gasteiger charge is -2.25. The fourth-order valence-corrected chi connectivity index (χ4v) is 3.95. The minimum absolute atomic E-state index is 0.0136. The van der Waals surface area contributed by atoms with Gasteiger partial charge in [-0.15, -0.1) is 0 Å². The highest BCUT2D eigenvalue weighted by Gasteiger charge is 2.42. The molecule has 1 atom stereocenters. The van der Waals surface area contributed by atoms with Crippen LogP contribution >= 0.6 is 11.8 Å². The van der Waals surface area contributed by atoms with E-state index in [1.807, 2.05) is 54.6 Å². The van der Waals surface area contributed by atoms with Gasteiger partial charge in [0.15, 0.2) is 5.17 Å². The second-order valence-corrected chi connectivity index (χ2v) is 7.72. The Balaban J connectivity index is 1.52. The largest absolute Gasteiger partial charge is 0.369 e. The maximum atomic E-state index is 13.0.